The van der Waals surface area contributed by atoms with E-state index in [-0.39, 0.29) is 0 Å². The summed E-state index contributed by atoms with van der Waals surface area (Å²) in [6.45, 7) is 7.97. The summed E-state index contributed by atoms with van der Waals surface area (Å²) in [6.07, 6.45) is 1.99. The summed E-state index contributed by atoms with van der Waals surface area (Å²) in [4.78, 5) is 4.17. The van der Waals surface area contributed by atoms with E-state index in [9.17, 15) is 0 Å². The molecule has 0 atom stereocenters. The highest BCUT2D eigenvalue weighted by Crippen LogP contribution is 1.92. The summed E-state index contributed by atoms with van der Waals surface area (Å²) >= 11 is 0. The zero-order valence-electron chi connectivity index (χ0n) is 6.02. The zero-order chi connectivity index (χ0) is 6.57. The van der Waals surface area contributed by atoms with Gasteiger partial charge >= 0.3 is 0 Å². The minimum atomic E-state index is 1.09. The molecule has 0 rings (SSSR count). The van der Waals surface area contributed by atoms with E-state index < -0.39 is 0 Å². The fourth-order valence-corrected chi connectivity index (χ4v) is 0.417. The number of nitrogens with zero attached hydrogens (tertiary/aromatic N) is 1. The first-order valence-electron chi connectivity index (χ1n) is 2.81. The lowest BCUT2D eigenvalue weighted by Crippen LogP contribution is -1.79. The van der Waals surface area contributed by atoms with E-state index in [0.29, 0.717) is 0 Å². The van der Waals surface area contributed by atoms with E-state index in [2.05, 4.69) is 4.99 Å². The van der Waals surface area contributed by atoms with Crippen molar-refractivity contribution in [2.75, 3.05) is 0 Å². The average Bonchev–Trinajstić information content (AvgIpc) is 1.65. The standard InChI is InChI=1S/C7H13N/c1-5-7(4)8-6(2)3/h5H,1-4H3/b7-5-. The van der Waals surface area contributed by atoms with Crippen LogP contribution < -0.4 is 0 Å². The van der Waals surface area contributed by atoms with Gasteiger partial charge in [-0.2, -0.15) is 0 Å². The third-order valence-electron chi connectivity index (χ3n) is 0.818. The highest BCUT2D eigenvalue weighted by Gasteiger charge is 1.78. The third-order valence-corrected chi connectivity index (χ3v) is 0.818. The van der Waals surface area contributed by atoms with Crippen molar-refractivity contribution in [3.8, 4) is 0 Å². The molecule has 0 unspecified atom stereocenters. The van der Waals surface area contributed by atoms with E-state index in [4.69, 9.17) is 0 Å². The predicted molar refractivity (Wildman–Crippen MR) is 38.2 cm³/mol. The lowest BCUT2D eigenvalue weighted by atomic mass is 10.4. The summed E-state index contributed by atoms with van der Waals surface area (Å²) in [5, 5.41) is 0. The molecule has 0 N–H and O–H groups in total. The van der Waals surface area contributed by atoms with Crippen molar-refractivity contribution >= 4 is 5.71 Å². The molecule has 0 aliphatic carbocycles. The molecule has 8 heavy (non-hydrogen) atoms. The molecule has 0 aliphatic heterocycles. The summed E-state index contributed by atoms with van der Waals surface area (Å²) in [6, 6.07) is 0. The second kappa shape index (κ2) is 3.42. The Morgan fingerprint density at radius 1 is 1.25 bits per heavy atom. The van der Waals surface area contributed by atoms with Gasteiger partial charge in [0.15, 0.2) is 0 Å². The Kier molecular flexibility index (Phi) is 3.16. The largest absolute Gasteiger partial charge is 0.263 e. The van der Waals surface area contributed by atoms with Gasteiger partial charge in [0.25, 0.3) is 0 Å². The molecule has 0 amide bonds. The maximum Gasteiger partial charge on any atom is 0.0329 e. The minimum absolute atomic E-state index is 1.09. The number of aliphatic imine (C=N–C) groups is 1. The first kappa shape index (κ1) is 7.41. The Labute approximate surface area is 51.1 Å². The van der Waals surface area contributed by atoms with Crippen molar-refractivity contribution in [3.63, 3.8) is 0 Å². The van der Waals surface area contributed by atoms with Gasteiger partial charge in [-0.25, -0.2) is 0 Å². The fraction of sp³-hybridized carbons (Fsp3) is 0.571. The normalized spacial score (nSPS) is 11.2. The predicted octanol–water partition coefficient (Wildman–Crippen LogP) is 2.39. The van der Waals surface area contributed by atoms with E-state index in [0.717, 1.165) is 11.4 Å². The molecule has 0 heterocycles. The minimum Gasteiger partial charge on any atom is -0.263 e. The van der Waals surface area contributed by atoms with Gasteiger partial charge in [0.05, 0.1) is 0 Å². The third kappa shape index (κ3) is 3.59. The molecule has 46 valence electrons. The SMILES string of the molecule is C/C=C(/C)N=C(C)C. The number of rotatable bonds is 1. The molecule has 0 saturated heterocycles. The van der Waals surface area contributed by atoms with Crippen molar-refractivity contribution < 1.29 is 0 Å². The molecule has 1 nitrogen and oxygen atoms in total. The fourth-order valence-electron chi connectivity index (χ4n) is 0.417. The Bertz CT molecular complexity index is 116. The van der Waals surface area contributed by atoms with Crippen LogP contribution in [0.1, 0.15) is 27.7 Å². The number of hydrogen-bond donors (Lipinski definition) is 0. The van der Waals surface area contributed by atoms with Gasteiger partial charge in [-0.15, -0.1) is 0 Å². The average molecular weight is 111 g/mol. The summed E-state index contributed by atoms with van der Waals surface area (Å²) in [7, 11) is 0. The molecule has 0 spiro atoms. The van der Waals surface area contributed by atoms with E-state index in [1.165, 1.54) is 0 Å². The van der Waals surface area contributed by atoms with E-state index >= 15 is 0 Å². The van der Waals surface area contributed by atoms with Crippen LogP contribution in [0.25, 0.3) is 0 Å². The van der Waals surface area contributed by atoms with Crippen LogP contribution in [0, 0.1) is 0 Å². The Hall–Kier alpha value is -0.590. The summed E-state index contributed by atoms with van der Waals surface area (Å²) in [5.41, 5.74) is 2.20. The quantitative estimate of drug-likeness (QED) is 0.461. The molecule has 1 heteroatoms. The van der Waals surface area contributed by atoms with Crippen molar-refractivity contribution in [2.45, 2.75) is 27.7 Å². The highest BCUT2D eigenvalue weighted by atomic mass is 14.7. The second-order valence-corrected chi connectivity index (χ2v) is 1.99. The summed E-state index contributed by atoms with van der Waals surface area (Å²) in [5.74, 6) is 0. The number of allylic oxidation sites excluding steroid dienone is 2. The van der Waals surface area contributed by atoms with Gasteiger partial charge in [-0.3, -0.25) is 4.99 Å². The molecule has 0 aromatic heterocycles. The van der Waals surface area contributed by atoms with E-state index in [1.807, 2.05) is 33.8 Å². The molecular formula is C7H13N. The molecule has 0 fully saturated rings. The van der Waals surface area contributed by atoms with Crippen molar-refractivity contribution in [1.29, 1.82) is 0 Å². The molecule has 0 aromatic carbocycles. The Morgan fingerprint density at radius 3 is 1.88 bits per heavy atom. The first-order chi connectivity index (χ1) is 3.66. The maximum atomic E-state index is 4.17. The lowest BCUT2D eigenvalue weighted by molar-refractivity contribution is 1.27. The van der Waals surface area contributed by atoms with Crippen molar-refractivity contribution in [2.24, 2.45) is 4.99 Å². The van der Waals surface area contributed by atoms with Gasteiger partial charge in [0, 0.05) is 11.4 Å². The van der Waals surface area contributed by atoms with Crippen LogP contribution in [0.3, 0.4) is 0 Å². The first-order valence-corrected chi connectivity index (χ1v) is 2.81. The second-order valence-electron chi connectivity index (χ2n) is 1.99. The van der Waals surface area contributed by atoms with Crippen LogP contribution in [-0.2, 0) is 0 Å². The van der Waals surface area contributed by atoms with E-state index in [1.54, 1.807) is 0 Å². The Balaban J connectivity index is 3.89. The zero-order valence-corrected chi connectivity index (χ0v) is 6.02. The van der Waals surface area contributed by atoms with Gasteiger partial charge in [-0.1, -0.05) is 6.08 Å². The van der Waals surface area contributed by atoms with Crippen LogP contribution >= 0.6 is 0 Å². The Morgan fingerprint density at radius 2 is 1.75 bits per heavy atom. The molecule has 0 aliphatic rings. The molecule has 0 radical (unpaired) electrons. The molecular weight excluding hydrogens is 98.1 g/mol. The van der Waals surface area contributed by atoms with Gasteiger partial charge in [0.2, 0.25) is 0 Å². The van der Waals surface area contributed by atoms with Gasteiger partial charge in [-0.05, 0) is 27.7 Å². The molecule has 0 aromatic rings. The van der Waals surface area contributed by atoms with Crippen LogP contribution in [-0.4, -0.2) is 5.71 Å². The highest BCUT2D eigenvalue weighted by molar-refractivity contribution is 5.80. The number of hydrogen-bond acceptors (Lipinski definition) is 1. The van der Waals surface area contributed by atoms with Gasteiger partial charge in [0.1, 0.15) is 0 Å². The topological polar surface area (TPSA) is 12.4 Å². The van der Waals surface area contributed by atoms with Crippen LogP contribution in [0.15, 0.2) is 16.8 Å². The van der Waals surface area contributed by atoms with Crippen LogP contribution in [0.4, 0.5) is 0 Å². The molecule has 0 bridgehead atoms. The van der Waals surface area contributed by atoms with Crippen molar-refractivity contribution in [1.82, 2.24) is 0 Å². The van der Waals surface area contributed by atoms with Gasteiger partial charge < -0.3 is 0 Å². The molecule has 0 saturated carbocycles. The monoisotopic (exact) mass is 111 g/mol. The lowest BCUT2D eigenvalue weighted by Gasteiger charge is -1.88. The summed E-state index contributed by atoms with van der Waals surface area (Å²) < 4.78 is 0. The smallest absolute Gasteiger partial charge is 0.0329 e. The van der Waals surface area contributed by atoms with Crippen LogP contribution in [0.5, 0.6) is 0 Å². The van der Waals surface area contributed by atoms with Crippen molar-refractivity contribution in [3.05, 3.63) is 11.8 Å². The maximum absolute atomic E-state index is 4.17. The van der Waals surface area contributed by atoms with Crippen LogP contribution in [0.2, 0.25) is 0 Å².